The van der Waals surface area contributed by atoms with Crippen LogP contribution in [0.4, 0.5) is 0 Å². The van der Waals surface area contributed by atoms with Gasteiger partial charge in [0.2, 0.25) is 0 Å². The molecular formula is C17H19NO2. The van der Waals surface area contributed by atoms with Crippen LogP contribution in [0.5, 0.6) is 5.75 Å². The van der Waals surface area contributed by atoms with Gasteiger partial charge in [-0.1, -0.05) is 30.3 Å². The number of carbonyl (C=O) groups excluding carboxylic acids is 1. The zero-order chi connectivity index (χ0) is 13.9. The van der Waals surface area contributed by atoms with Crippen molar-refractivity contribution < 1.29 is 9.53 Å². The van der Waals surface area contributed by atoms with Crippen LogP contribution < -0.4 is 10.1 Å². The van der Waals surface area contributed by atoms with Crippen LogP contribution in [-0.2, 0) is 0 Å². The molecule has 1 fully saturated rings. The highest BCUT2D eigenvalue weighted by Gasteiger charge is 2.26. The molecule has 0 bridgehead atoms. The largest absolute Gasteiger partial charge is 0.496 e. The van der Waals surface area contributed by atoms with Gasteiger partial charge in [0, 0.05) is 5.92 Å². The van der Waals surface area contributed by atoms with E-state index in [4.69, 9.17) is 4.74 Å². The van der Waals surface area contributed by atoms with Crippen molar-refractivity contribution in [3.8, 4) is 5.75 Å². The molecule has 3 heteroatoms. The van der Waals surface area contributed by atoms with E-state index in [1.54, 1.807) is 7.11 Å². The number of ether oxygens (including phenoxy) is 1. The first-order chi connectivity index (χ1) is 9.81. The van der Waals surface area contributed by atoms with Crippen LogP contribution in [0.15, 0.2) is 36.4 Å². The Morgan fingerprint density at radius 3 is 2.65 bits per heavy atom. The SMILES string of the molecule is COc1ccc2ccccc2c1C(=O)C1CCNCC1. The number of benzene rings is 2. The maximum atomic E-state index is 12.9. The zero-order valence-corrected chi connectivity index (χ0v) is 11.7. The van der Waals surface area contributed by atoms with Gasteiger partial charge in [0.25, 0.3) is 0 Å². The zero-order valence-electron chi connectivity index (χ0n) is 11.7. The molecule has 20 heavy (non-hydrogen) atoms. The molecule has 2 aromatic rings. The summed E-state index contributed by atoms with van der Waals surface area (Å²) >= 11 is 0. The summed E-state index contributed by atoms with van der Waals surface area (Å²) in [5, 5.41) is 5.39. The predicted molar refractivity (Wildman–Crippen MR) is 80.4 cm³/mol. The van der Waals surface area contributed by atoms with Gasteiger partial charge in [0.15, 0.2) is 5.78 Å². The van der Waals surface area contributed by atoms with Crippen LogP contribution in [0.1, 0.15) is 23.2 Å². The fourth-order valence-corrected chi connectivity index (χ4v) is 2.96. The second-order valence-corrected chi connectivity index (χ2v) is 5.25. The molecule has 3 rings (SSSR count). The molecule has 0 aliphatic carbocycles. The van der Waals surface area contributed by atoms with E-state index in [-0.39, 0.29) is 11.7 Å². The molecule has 0 aromatic heterocycles. The fraction of sp³-hybridized carbons (Fsp3) is 0.353. The Morgan fingerprint density at radius 2 is 1.90 bits per heavy atom. The number of nitrogens with one attached hydrogen (secondary N) is 1. The van der Waals surface area contributed by atoms with E-state index < -0.39 is 0 Å². The summed E-state index contributed by atoms with van der Waals surface area (Å²) in [6, 6.07) is 11.9. The lowest BCUT2D eigenvalue weighted by Crippen LogP contribution is -2.32. The van der Waals surface area contributed by atoms with Crippen molar-refractivity contribution in [2.45, 2.75) is 12.8 Å². The number of rotatable bonds is 3. The van der Waals surface area contributed by atoms with Crippen molar-refractivity contribution in [2.24, 2.45) is 5.92 Å². The topological polar surface area (TPSA) is 38.3 Å². The maximum absolute atomic E-state index is 12.9. The highest BCUT2D eigenvalue weighted by molar-refractivity contribution is 6.11. The highest BCUT2D eigenvalue weighted by Crippen LogP contribution is 2.31. The summed E-state index contributed by atoms with van der Waals surface area (Å²) in [5.41, 5.74) is 0.748. The lowest BCUT2D eigenvalue weighted by Gasteiger charge is -2.23. The third-order valence-electron chi connectivity index (χ3n) is 4.07. The van der Waals surface area contributed by atoms with Crippen LogP contribution in [0.25, 0.3) is 10.8 Å². The van der Waals surface area contributed by atoms with Gasteiger partial charge in [0.1, 0.15) is 5.75 Å². The van der Waals surface area contributed by atoms with Gasteiger partial charge in [-0.2, -0.15) is 0 Å². The average molecular weight is 269 g/mol. The number of ketones is 1. The summed E-state index contributed by atoms with van der Waals surface area (Å²) in [7, 11) is 1.63. The molecule has 3 nitrogen and oxygen atoms in total. The minimum Gasteiger partial charge on any atom is -0.496 e. The van der Waals surface area contributed by atoms with E-state index in [0.717, 1.165) is 42.3 Å². The van der Waals surface area contributed by atoms with E-state index >= 15 is 0 Å². The van der Waals surface area contributed by atoms with Gasteiger partial charge >= 0.3 is 0 Å². The second-order valence-electron chi connectivity index (χ2n) is 5.25. The average Bonchev–Trinajstić information content (AvgIpc) is 2.54. The first-order valence-corrected chi connectivity index (χ1v) is 7.12. The summed E-state index contributed by atoms with van der Waals surface area (Å²) in [6.07, 6.45) is 1.82. The van der Waals surface area contributed by atoms with E-state index in [1.165, 1.54) is 0 Å². The third kappa shape index (κ3) is 2.29. The number of fused-ring (bicyclic) bond motifs is 1. The number of hydrogen-bond acceptors (Lipinski definition) is 3. The molecule has 1 heterocycles. The van der Waals surface area contributed by atoms with Gasteiger partial charge in [-0.15, -0.1) is 0 Å². The third-order valence-corrected chi connectivity index (χ3v) is 4.07. The molecule has 104 valence electrons. The number of piperidine rings is 1. The number of hydrogen-bond donors (Lipinski definition) is 1. The van der Waals surface area contributed by atoms with Gasteiger partial charge < -0.3 is 10.1 Å². The van der Waals surface area contributed by atoms with E-state index in [2.05, 4.69) is 5.32 Å². The van der Waals surface area contributed by atoms with Crippen LogP contribution in [0.3, 0.4) is 0 Å². The molecule has 1 aliphatic rings. The van der Waals surface area contributed by atoms with Crippen molar-refractivity contribution in [1.29, 1.82) is 0 Å². The molecule has 0 radical (unpaired) electrons. The first kappa shape index (κ1) is 13.1. The maximum Gasteiger partial charge on any atom is 0.170 e. The molecule has 0 unspecified atom stereocenters. The lowest BCUT2D eigenvalue weighted by molar-refractivity contribution is 0.0894. The molecule has 1 aliphatic heterocycles. The Kier molecular flexibility index (Phi) is 3.70. The number of methoxy groups -OCH3 is 1. The highest BCUT2D eigenvalue weighted by atomic mass is 16.5. The molecule has 0 saturated carbocycles. The van der Waals surface area contributed by atoms with Crippen molar-refractivity contribution >= 4 is 16.6 Å². The minimum absolute atomic E-state index is 0.107. The predicted octanol–water partition coefficient (Wildman–Crippen LogP) is 3.03. The minimum atomic E-state index is 0.107. The summed E-state index contributed by atoms with van der Waals surface area (Å²) in [6.45, 7) is 1.84. The van der Waals surface area contributed by atoms with E-state index in [9.17, 15) is 4.79 Å². The van der Waals surface area contributed by atoms with Crippen molar-refractivity contribution in [2.75, 3.05) is 20.2 Å². The molecular weight excluding hydrogens is 250 g/mol. The van der Waals surface area contributed by atoms with Gasteiger partial charge in [-0.25, -0.2) is 0 Å². The fourth-order valence-electron chi connectivity index (χ4n) is 2.96. The summed E-state index contributed by atoms with van der Waals surface area (Å²) in [4.78, 5) is 12.9. The van der Waals surface area contributed by atoms with E-state index in [0.29, 0.717) is 5.75 Å². The van der Waals surface area contributed by atoms with Crippen LogP contribution in [0.2, 0.25) is 0 Å². The van der Waals surface area contributed by atoms with Crippen LogP contribution in [-0.4, -0.2) is 26.0 Å². The van der Waals surface area contributed by atoms with Gasteiger partial charge in [-0.3, -0.25) is 4.79 Å². The summed E-state index contributed by atoms with van der Waals surface area (Å²) < 4.78 is 5.43. The standard InChI is InChI=1S/C17H19NO2/c1-20-15-7-6-12-4-2-3-5-14(12)16(15)17(19)13-8-10-18-11-9-13/h2-7,13,18H,8-11H2,1H3. The van der Waals surface area contributed by atoms with Gasteiger partial charge in [0.05, 0.1) is 12.7 Å². The van der Waals surface area contributed by atoms with Crippen molar-refractivity contribution in [3.05, 3.63) is 42.0 Å². The number of carbonyl (C=O) groups is 1. The number of Topliss-reactive ketones (excluding diaryl/α,β-unsaturated/α-hetero) is 1. The molecule has 1 saturated heterocycles. The summed E-state index contributed by atoms with van der Waals surface area (Å²) in [5.74, 6) is 1.02. The Bertz CT molecular complexity index is 630. The Morgan fingerprint density at radius 1 is 1.15 bits per heavy atom. The lowest BCUT2D eigenvalue weighted by atomic mass is 9.87. The first-order valence-electron chi connectivity index (χ1n) is 7.12. The molecule has 0 spiro atoms. The molecule has 1 N–H and O–H groups in total. The van der Waals surface area contributed by atoms with Crippen molar-refractivity contribution in [1.82, 2.24) is 5.32 Å². The normalized spacial score (nSPS) is 16.2. The second kappa shape index (κ2) is 5.63. The van der Waals surface area contributed by atoms with E-state index in [1.807, 2.05) is 36.4 Å². The quantitative estimate of drug-likeness (QED) is 0.870. The monoisotopic (exact) mass is 269 g/mol. The van der Waals surface area contributed by atoms with Gasteiger partial charge in [-0.05, 0) is 42.8 Å². The van der Waals surface area contributed by atoms with Crippen molar-refractivity contribution in [3.63, 3.8) is 0 Å². The molecule has 0 atom stereocenters. The Labute approximate surface area is 118 Å². The van der Waals surface area contributed by atoms with Crippen LogP contribution >= 0.6 is 0 Å². The van der Waals surface area contributed by atoms with Crippen LogP contribution in [0, 0.1) is 5.92 Å². The molecule has 0 amide bonds. The Hall–Kier alpha value is -1.87. The molecule has 2 aromatic carbocycles. The Balaban J connectivity index is 2.10. The smallest absolute Gasteiger partial charge is 0.170 e.